The highest BCUT2D eigenvalue weighted by Gasteiger charge is 2.30. The molecular formula is C18H20BrNO. The monoisotopic (exact) mass is 345 g/mol. The molecule has 0 amide bonds. The van der Waals surface area contributed by atoms with Crippen LogP contribution in [-0.4, -0.2) is 31.1 Å². The molecule has 0 N–H and O–H groups in total. The van der Waals surface area contributed by atoms with Crippen LogP contribution >= 0.6 is 15.9 Å². The highest BCUT2D eigenvalue weighted by molar-refractivity contribution is 9.10. The normalized spacial score (nSPS) is 23.0. The zero-order chi connectivity index (χ0) is 14.7. The summed E-state index contributed by atoms with van der Waals surface area (Å²) in [5.74, 6) is 1.38. The Labute approximate surface area is 134 Å². The van der Waals surface area contributed by atoms with Crippen LogP contribution in [0, 0.1) is 0 Å². The lowest BCUT2D eigenvalue weighted by Crippen LogP contribution is -2.42. The lowest BCUT2D eigenvalue weighted by atomic mass is 9.88. The molecule has 0 radical (unpaired) electrons. The minimum Gasteiger partial charge on any atom is -0.490 e. The Morgan fingerprint density at radius 2 is 1.76 bits per heavy atom. The van der Waals surface area contributed by atoms with E-state index in [1.54, 1.807) is 0 Å². The molecule has 1 heterocycles. The molecule has 2 aromatic rings. The predicted octanol–water partition coefficient (Wildman–Crippen LogP) is 4.32. The number of rotatable bonds is 3. The van der Waals surface area contributed by atoms with Gasteiger partial charge in [0.15, 0.2) is 0 Å². The van der Waals surface area contributed by atoms with Crippen LogP contribution in [0.3, 0.4) is 0 Å². The Kier molecular flexibility index (Phi) is 4.61. The zero-order valence-electron chi connectivity index (χ0n) is 12.2. The largest absolute Gasteiger partial charge is 0.490 e. The molecule has 2 nitrogen and oxygen atoms in total. The summed E-state index contributed by atoms with van der Waals surface area (Å²) in [6.07, 6.45) is 1.30. The minimum absolute atomic E-state index is 0.241. The standard InChI is InChI=1S/C18H20BrNO/c1-20-12-11-18(21-16-9-7-15(19)8-10-16)17(13-20)14-5-3-2-4-6-14/h2-10,17-18H,11-13H2,1H3/t17-,18+/m1/s1. The first kappa shape index (κ1) is 14.6. The summed E-state index contributed by atoms with van der Waals surface area (Å²) in [7, 11) is 2.19. The highest BCUT2D eigenvalue weighted by Crippen LogP contribution is 2.30. The van der Waals surface area contributed by atoms with Crippen LogP contribution in [-0.2, 0) is 0 Å². The van der Waals surface area contributed by atoms with Gasteiger partial charge in [0, 0.05) is 23.5 Å². The number of ether oxygens (including phenoxy) is 1. The molecule has 0 aliphatic carbocycles. The molecule has 1 saturated heterocycles. The Balaban J connectivity index is 1.79. The van der Waals surface area contributed by atoms with Crippen LogP contribution in [0.2, 0.25) is 0 Å². The number of nitrogens with zero attached hydrogens (tertiary/aromatic N) is 1. The molecule has 0 unspecified atom stereocenters. The van der Waals surface area contributed by atoms with Crippen molar-refractivity contribution in [1.29, 1.82) is 0 Å². The first-order chi connectivity index (χ1) is 10.2. The quantitative estimate of drug-likeness (QED) is 0.821. The van der Waals surface area contributed by atoms with Crippen molar-refractivity contribution in [2.24, 2.45) is 0 Å². The fourth-order valence-electron chi connectivity index (χ4n) is 2.94. The van der Waals surface area contributed by atoms with Gasteiger partial charge in [-0.1, -0.05) is 46.3 Å². The van der Waals surface area contributed by atoms with Crippen LogP contribution in [0.4, 0.5) is 0 Å². The van der Waals surface area contributed by atoms with Crippen molar-refractivity contribution in [3.63, 3.8) is 0 Å². The lowest BCUT2D eigenvalue weighted by Gasteiger charge is -2.37. The predicted molar refractivity (Wildman–Crippen MR) is 89.9 cm³/mol. The number of hydrogen-bond acceptors (Lipinski definition) is 2. The van der Waals surface area contributed by atoms with E-state index in [0.29, 0.717) is 5.92 Å². The summed E-state index contributed by atoms with van der Waals surface area (Å²) in [5.41, 5.74) is 1.37. The third-order valence-corrected chi connectivity index (χ3v) is 4.61. The summed E-state index contributed by atoms with van der Waals surface area (Å²) >= 11 is 3.46. The molecule has 110 valence electrons. The zero-order valence-corrected chi connectivity index (χ0v) is 13.8. The fraction of sp³-hybridized carbons (Fsp3) is 0.333. The van der Waals surface area contributed by atoms with Crippen molar-refractivity contribution >= 4 is 15.9 Å². The van der Waals surface area contributed by atoms with E-state index in [9.17, 15) is 0 Å². The minimum atomic E-state index is 0.241. The summed E-state index contributed by atoms with van der Waals surface area (Å²) in [6.45, 7) is 2.13. The van der Waals surface area contributed by atoms with Gasteiger partial charge in [0.05, 0.1) is 0 Å². The van der Waals surface area contributed by atoms with Gasteiger partial charge in [-0.3, -0.25) is 0 Å². The van der Waals surface area contributed by atoms with E-state index in [1.807, 2.05) is 24.3 Å². The Morgan fingerprint density at radius 1 is 1.05 bits per heavy atom. The third-order valence-electron chi connectivity index (χ3n) is 4.08. The van der Waals surface area contributed by atoms with E-state index in [0.717, 1.165) is 29.7 Å². The lowest BCUT2D eigenvalue weighted by molar-refractivity contribution is 0.0902. The summed E-state index contributed by atoms with van der Waals surface area (Å²) in [6, 6.07) is 18.8. The van der Waals surface area contributed by atoms with Gasteiger partial charge in [0.25, 0.3) is 0 Å². The molecule has 1 fully saturated rings. The Bertz CT molecular complexity index is 570. The molecule has 0 aromatic heterocycles. The molecule has 21 heavy (non-hydrogen) atoms. The second-order valence-electron chi connectivity index (χ2n) is 5.68. The Morgan fingerprint density at radius 3 is 2.48 bits per heavy atom. The second-order valence-corrected chi connectivity index (χ2v) is 6.59. The number of halogens is 1. The maximum atomic E-state index is 6.28. The molecule has 1 aliphatic rings. The summed E-state index contributed by atoms with van der Waals surface area (Å²) in [5, 5.41) is 0. The van der Waals surface area contributed by atoms with Gasteiger partial charge in [-0.25, -0.2) is 0 Å². The maximum Gasteiger partial charge on any atom is 0.119 e. The first-order valence-corrected chi connectivity index (χ1v) is 8.17. The van der Waals surface area contributed by atoms with Gasteiger partial charge in [-0.2, -0.15) is 0 Å². The van der Waals surface area contributed by atoms with Crippen LogP contribution < -0.4 is 4.74 Å². The molecule has 3 heteroatoms. The van der Waals surface area contributed by atoms with Crippen LogP contribution in [0.15, 0.2) is 59.1 Å². The van der Waals surface area contributed by atoms with Gasteiger partial charge < -0.3 is 9.64 Å². The van der Waals surface area contributed by atoms with Gasteiger partial charge in [0.1, 0.15) is 11.9 Å². The fourth-order valence-corrected chi connectivity index (χ4v) is 3.21. The van der Waals surface area contributed by atoms with Crippen LogP contribution in [0.5, 0.6) is 5.75 Å². The molecule has 0 bridgehead atoms. The summed E-state index contributed by atoms with van der Waals surface area (Å²) < 4.78 is 7.36. The third kappa shape index (κ3) is 3.66. The van der Waals surface area contributed by atoms with Crippen molar-refractivity contribution in [2.45, 2.75) is 18.4 Å². The number of likely N-dealkylation sites (tertiary alicyclic amines) is 1. The number of likely N-dealkylation sites (N-methyl/N-ethyl adjacent to an activating group) is 1. The molecule has 2 aromatic carbocycles. The van der Waals surface area contributed by atoms with E-state index >= 15 is 0 Å². The van der Waals surface area contributed by atoms with Crippen LogP contribution in [0.1, 0.15) is 17.9 Å². The molecule has 2 atom stereocenters. The number of piperidine rings is 1. The molecule has 3 rings (SSSR count). The molecular weight excluding hydrogens is 326 g/mol. The average molecular weight is 346 g/mol. The van der Waals surface area contributed by atoms with Gasteiger partial charge in [0.2, 0.25) is 0 Å². The smallest absolute Gasteiger partial charge is 0.119 e. The first-order valence-electron chi connectivity index (χ1n) is 7.38. The second kappa shape index (κ2) is 6.63. The Hall–Kier alpha value is -1.32. The SMILES string of the molecule is CN1CC[C@H](Oc2ccc(Br)cc2)[C@@H](c2ccccc2)C1. The van der Waals surface area contributed by atoms with Crippen molar-refractivity contribution < 1.29 is 4.74 Å². The molecule has 0 spiro atoms. The van der Waals surface area contributed by atoms with Gasteiger partial charge in [-0.15, -0.1) is 0 Å². The van der Waals surface area contributed by atoms with Crippen molar-refractivity contribution in [3.05, 3.63) is 64.6 Å². The topological polar surface area (TPSA) is 12.5 Å². The average Bonchev–Trinajstić information content (AvgIpc) is 2.52. The molecule has 1 aliphatic heterocycles. The van der Waals surface area contributed by atoms with Gasteiger partial charge in [-0.05, 0) is 43.3 Å². The van der Waals surface area contributed by atoms with Crippen molar-refractivity contribution in [3.8, 4) is 5.75 Å². The van der Waals surface area contributed by atoms with Crippen molar-refractivity contribution in [2.75, 3.05) is 20.1 Å². The van der Waals surface area contributed by atoms with Crippen molar-refractivity contribution in [1.82, 2.24) is 4.90 Å². The summed E-state index contributed by atoms with van der Waals surface area (Å²) in [4.78, 5) is 2.39. The number of benzene rings is 2. The molecule has 0 saturated carbocycles. The van der Waals surface area contributed by atoms with E-state index in [-0.39, 0.29) is 6.10 Å². The highest BCUT2D eigenvalue weighted by atomic mass is 79.9. The van der Waals surface area contributed by atoms with E-state index < -0.39 is 0 Å². The van der Waals surface area contributed by atoms with E-state index in [4.69, 9.17) is 4.74 Å². The maximum absolute atomic E-state index is 6.28. The number of hydrogen-bond donors (Lipinski definition) is 0. The van der Waals surface area contributed by atoms with Gasteiger partial charge >= 0.3 is 0 Å². The van der Waals surface area contributed by atoms with Crippen LogP contribution in [0.25, 0.3) is 0 Å². The van der Waals surface area contributed by atoms with E-state index in [2.05, 4.69) is 58.2 Å². The van der Waals surface area contributed by atoms with E-state index in [1.165, 1.54) is 5.56 Å².